The molecule has 2 aromatic heterocycles. The summed E-state index contributed by atoms with van der Waals surface area (Å²) in [5.41, 5.74) is -0.300. The number of benzene rings is 3. The topological polar surface area (TPSA) is 258 Å². The minimum Gasteiger partial charge on any atom is -0.481 e. The number of carbonyl (C=O) groups is 4. The molecular weight excluding hydrogens is 856 g/mol. The van der Waals surface area contributed by atoms with E-state index in [0.717, 1.165) is 17.7 Å². The summed E-state index contributed by atoms with van der Waals surface area (Å²) in [4.78, 5) is 72.9. The number of Topliss-reactive ketones (excluding diaryl/α,β-unsaturated/α-hetero) is 1. The highest BCUT2D eigenvalue weighted by atomic mass is 31.2. The van der Waals surface area contributed by atoms with Gasteiger partial charge in [-0.25, -0.2) is 19.3 Å². The summed E-state index contributed by atoms with van der Waals surface area (Å²) >= 11 is 0. The van der Waals surface area contributed by atoms with Gasteiger partial charge in [0, 0.05) is 17.7 Å². The number of fused-ring (bicyclic) bond motifs is 1. The Balaban J connectivity index is 0.000000775. The first kappa shape index (κ1) is 49.1. The number of carboxylic acid groups (broad SMARTS) is 2. The maximum atomic E-state index is 13.7. The predicted octanol–water partition coefficient (Wildman–Crippen LogP) is 7.82. The highest BCUT2D eigenvalue weighted by Crippen LogP contribution is 2.49. The van der Waals surface area contributed by atoms with Crippen LogP contribution in [0.4, 0.5) is 30.5 Å². The number of nitrogens with one attached hydrogen (secondary N) is 3. The zero-order chi connectivity index (χ0) is 46.3. The molecular formula is C41H44F3N6O12P. The van der Waals surface area contributed by atoms with E-state index in [1.807, 2.05) is 0 Å². The maximum absolute atomic E-state index is 13.7. The molecule has 22 heteroatoms. The van der Waals surface area contributed by atoms with Gasteiger partial charge in [0.1, 0.15) is 5.75 Å². The number of hydrogen-bond donors (Lipinski definition) is 5. The Morgan fingerprint density at radius 3 is 2.17 bits per heavy atom. The van der Waals surface area contributed by atoms with Gasteiger partial charge < -0.3 is 25.6 Å². The quantitative estimate of drug-likeness (QED) is 0.0216. The van der Waals surface area contributed by atoms with Crippen LogP contribution in [0.15, 0.2) is 77.7 Å². The molecule has 1 unspecified atom stereocenters. The molecule has 0 amide bonds. The molecule has 336 valence electrons. The largest absolute Gasteiger partial charge is 0.481 e. The minimum atomic E-state index is -4.76. The van der Waals surface area contributed by atoms with E-state index >= 15 is 0 Å². The van der Waals surface area contributed by atoms with Crippen molar-refractivity contribution in [3.8, 4) is 5.75 Å². The average Bonchev–Trinajstić information content (AvgIpc) is 3.23. The predicted molar refractivity (Wildman–Crippen MR) is 222 cm³/mol. The number of carbonyl (C=O) groups excluding carboxylic acids is 2. The van der Waals surface area contributed by atoms with Crippen LogP contribution in [0.1, 0.15) is 78.1 Å². The van der Waals surface area contributed by atoms with Crippen LogP contribution < -0.4 is 20.9 Å². The third-order valence-corrected chi connectivity index (χ3v) is 10.3. The number of phosphoric acid groups is 1. The van der Waals surface area contributed by atoms with Crippen molar-refractivity contribution in [2.45, 2.75) is 59.7 Å². The van der Waals surface area contributed by atoms with Gasteiger partial charge in [0.15, 0.2) is 16.9 Å². The minimum absolute atomic E-state index is 0.0186. The average molecular weight is 901 g/mol. The molecule has 2 heterocycles. The summed E-state index contributed by atoms with van der Waals surface area (Å²) in [6.07, 6.45) is -2.94. The Kier molecular flexibility index (Phi) is 17.6. The first-order valence-corrected chi connectivity index (χ1v) is 20.6. The zero-order valence-electron chi connectivity index (χ0n) is 34.4. The molecule has 63 heavy (non-hydrogen) atoms. The van der Waals surface area contributed by atoms with Crippen LogP contribution >= 0.6 is 7.82 Å². The number of ketones is 1. The molecule has 0 bridgehead atoms. The van der Waals surface area contributed by atoms with Crippen molar-refractivity contribution in [3.63, 3.8) is 0 Å². The fraction of sp³-hybridized carbons (Fsp3) is 0.317. The number of aliphatic carboxylic acids is 2. The summed E-state index contributed by atoms with van der Waals surface area (Å²) in [6.45, 7) is 6.75. The van der Waals surface area contributed by atoms with E-state index in [1.165, 1.54) is 32.2 Å². The van der Waals surface area contributed by atoms with Gasteiger partial charge in [-0.1, -0.05) is 19.1 Å². The molecule has 0 aliphatic heterocycles. The Morgan fingerprint density at radius 1 is 0.921 bits per heavy atom. The van der Waals surface area contributed by atoms with Gasteiger partial charge in [0.2, 0.25) is 5.95 Å². The highest BCUT2D eigenvalue weighted by molar-refractivity contribution is 7.48. The van der Waals surface area contributed by atoms with Crippen molar-refractivity contribution in [2.24, 2.45) is 5.92 Å². The van der Waals surface area contributed by atoms with E-state index in [2.05, 4.69) is 30.6 Å². The lowest BCUT2D eigenvalue weighted by molar-refractivity contribution is -0.142. The van der Waals surface area contributed by atoms with E-state index in [4.69, 9.17) is 28.5 Å². The maximum Gasteiger partial charge on any atom is 0.474 e. The van der Waals surface area contributed by atoms with Gasteiger partial charge in [-0.2, -0.15) is 18.2 Å². The summed E-state index contributed by atoms with van der Waals surface area (Å²) in [5, 5.41) is 22.2. The molecule has 0 fully saturated rings. The van der Waals surface area contributed by atoms with Crippen LogP contribution in [0.25, 0.3) is 11.2 Å². The van der Waals surface area contributed by atoms with Crippen LogP contribution in [0, 0.1) is 5.92 Å². The molecule has 5 rings (SSSR count). The number of nitrogens with zero attached hydrogens (tertiary/aromatic N) is 3. The van der Waals surface area contributed by atoms with E-state index in [0.29, 0.717) is 29.4 Å². The Labute approximate surface area is 357 Å². The monoisotopic (exact) mass is 900 g/mol. The number of phosphoric ester groups is 1. The molecule has 3 aromatic carbocycles. The molecule has 0 aliphatic carbocycles. The standard InChI is InChI=1S/C35H34F3N6O8P.C6H10O4/c1-4-49-53(48,50-5-2)51-17-16-22-6-13-27(14-7-22)52-33(47)28-15-10-24(35(36,37)38)18-29(28)42-34-43-31-30(32(46)44-34)41-26(20-40-31)19-39-25-11-8-23(9-12-25)21(3)45;1-4(6(9)10)2-3-5(7)8/h6-15,18,20,39H,4-5,16-17,19H2,1-3H3,(H2,40,42,43,44,46);4H,2-3H2,1H3,(H,7,8)(H,9,10). The lowest BCUT2D eigenvalue weighted by atomic mass is 10.1. The second kappa shape index (κ2) is 22.5. The van der Waals surface area contributed by atoms with Crippen LogP contribution in [0.2, 0.25) is 0 Å². The van der Waals surface area contributed by atoms with Crippen LogP contribution in [0.5, 0.6) is 5.75 Å². The first-order valence-electron chi connectivity index (χ1n) is 19.2. The van der Waals surface area contributed by atoms with Crippen LogP contribution in [-0.4, -0.2) is 73.7 Å². The molecule has 0 spiro atoms. The van der Waals surface area contributed by atoms with Crippen molar-refractivity contribution in [1.29, 1.82) is 0 Å². The molecule has 0 saturated carbocycles. The smallest absolute Gasteiger partial charge is 0.474 e. The molecule has 18 nitrogen and oxygen atoms in total. The highest BCUT2D eigenvalue weighted by Gasteiger charge is 2.32. The molecule has 0 aliphatic rings. The van der Waals surface area contributed by atoms with Crippen molar-refractivity contribution in [2.75, 3.05) is 30.5 Å². The lowest BCUT2D eigenvalue weighted by Gasteiger charge is -2.16. The SMILES string of the molecule is CC(CCC(=O)O)C(=O)O.CCOP(=O)(OCC)OCCc1ccc(OC(=O)c2ccc(C(F)(F)F)cc2Nc2nc3ncc(CNc4ccc(C(C)=O)cc4)nc3c(=O)[nH]2)cc1. The molecule has 0 radical (unpaired) electrons. The molecule has 5 aromatic rings. The Bertz CT molecular complexity index is 2490. The first-order chi connectivity index (χ1) is 29.8. The molecule has 1 atom stereocenters. The summed E-state index contributed by atoms with van der Waals surface area (Å²) < 4.78 is 74.5. The number of aromatic amines is 1. The third kappa shape index (κ3) is 15.1. The third-order valence-electron chi connectivity index (χ3n) is 8.61. The van der Waals surface area contributed by atoms with Crippen LogP contribution in [-0.2, 0) is 46.9 Å². The second-order valence-corrected chi connectivity index (χ2v) is 15.1. The fourth-order valence-electron chi connectivity index (χ4n) is 5.30. The van der Waals surface area contributed by atoms with Gasteiger partial charge in [0.05, 0.1) is 61.0 Å². The Morgan fingerprint density at radius 2 is 1.59 bits per heavy atom. The van der Waals surface area contributed by atoms with Gasteiger partial charge in [0.25, 0.3) is 5.56 Å². The second-order valence-electron chi connectivity index (χ2n) is 13.4. The number of aromatic nitrogens is 4. The molecule has 5 N–H and O–H groups in total. The number of alkyl halides is 3. The number of anilines is 3. The number of ether oxygens (including phenoxy) is 1. The van der Waals surface area contributed by atoms with E-state index < -0.39 is 48.9 Å². The number of halogens is 3. The number of H-pyrrole nitrogens is 1. The Hall–Kier alpha value is -6.54. The summed E-state index contributed by atoms with van der Waals surface area (Å²) in [6, 6.07) is 15.4. The van der Waals surface area contributed by atoms with Gasteiger partial charge >= 0.3 is 31.9 Å². The number of esters is 1. The summed E-state index contributed by atoms with van der Waals surface area (Å²) in [5.74, 6) is -3.73. The van der Waals surface area contributed by atoms with E-state index in [-0.39, 0.29) is 79.1 Å². The number of hydrogen-bond acceptors (Lipinski definition) is 15. The van der Waals surface area contributed by atoms with Crippen LogP contribution in [0.3, 0.4) is 0 Å². The van der Waals surface area contributed by atoms with Gasteiger partial charge in [-0.3, -0.25) is 37.7 Å². The van der Waals surface area contributed by atoms with Gasteiger partial charge in [-0.15, -0.1) is 0 Å². The van der Waals surface area contributed by atoms with E-state index in [9.17, 15) is 41.7 Å². The fourth-order valence-corrected chi connectivity index (χ4v) is 6.47. The lowest BCUT2D eigenvalue weighted by Crippen LogP contribution is -2.17. The van der Waals surface area contributed by atoms with E-state index in [1.54, 1.807) is 50.2 Å². The normalized spacial score (nSPS) is 11.9. The van der Waals surface area contributed by atoms with Crippen molar-refractivity contribution >= 4 is 60.0 Å². The molecule has 0 saturated heterocycles. The number of rotatable bonds is 20. The number of carboxylic acids is 2. The van der Waals surface area contributed by atoms with Crippen molar-refractivity contribution in [3.05, 3.63) is 111 Å². The van der Waals surface area contributed by atoms with Crippen molar-refractivity contribution in [1.82, 2.24) is 19.9 Å². The van der Waals surface area contributed by atoms with Crippen molar-refractivity contribution < 1.29 is 65.4 Å². The van der Waals surface area contributed by atoms with Gasteiger partial charge in [-0.05, 0) is 93.8 Å². The summed E-state index contributed by atoms with van der Waals surface area (Å²) in [7, 11) is -3.68. The zero-order valence-corrected chi connectivity index (χ0v) is 35.2.